The summed E-state index contributed by atoms with van der Waals surface area (Å²) in [4.78, 5) is 28.6. The van der Waals surface area contributed by atoms with Crippen LogP contribution >= 0.6 is 11.3 Å². The number of rotatable bonds is 5. The highest BCUT2D eigenvalue weighted by Crippen LogP contribution is 2.22. The van der Waals surface area contributed by atoms with Gasteiger partial charge in [-0.2, -0.15) is 0 Å². The van der Waals surface area contributed by atoms with Crippen LogP contribution in [0.3, 0.4) is 0 Å². The van der Waals surface area contributed by atoms with Crippen molar-refractivity contribution in [3.63, 3.8) is 0 Å². The van der Waals surface area contributed by atoms with Crippen molar-refractivity contribution in [2.45, 2.75) is 20.0 Å². The first-order valence-electron chi connectivity index (χ1n) is 7.88. The van der Waals surface area contributed by atoms with Crippen molar-refractivity contribution in [2.75, 3.05) is 0 Å². The van der Waals surface area contributed by atoms with Crippen molar-refractivity contribution in [3.05, 3.63) is 70.7 Å². The van der Waals surface area contributed by atoms with Gasteiger partial charge < -0.3 is 4.74 Å². The maximum absolute atomic E-state index is 12.3. The van der Waals surface area contributed by atoms with Gasteiger partial charge >= 0.3 is 5.97 Å². The van der Waals surface area contributed by atoms with Crippen molar-refractivity contribution >= 4 is 39.4 Å². The van der Waals surface area contributed by atoms with Crippen molar-refractivity contribution in [1.82, 2.24) is 4.98 Å². The number of Topliss-reactive ketones (excluding diaryl/α,β-unsaturated/α-hetero) is 1. The first-order valence-corrected chi connectivity index (χ1v) is 8.70. The Balaban J connectivity index is 1.63. The predicted molar refractivity (Wildman–Crippen MR) is 99.7 cm³/mol. The Hall–Kier alpha value is -2.79. The summed E-state index contributed by atoms with van der Waals surface area (Å²) >= 11 is 1.49. The minimum Gasteiger partial charge on any atom is -0.451 e. The van der Waals surface area contributed by atoms with Gasteiger partial charge in [0.1, 0.15) is 5.01 Å². The number of hydrogen-bond donors (Lipinski definition) is 0. The maximum Gasteiger partial charge on any atom is 0.331 e. The minimum atomic E-state index is -0.838. The second kappa shape index (κ2) is 7.40. The molecule has 0 bridgehead atoms. The number of carbonyl (C=O) groups excluding carboxylic acids is 2. The first-order chi connectivity index (χ1) is 12.0. The van der Waals surface area contributed by atoms with Gasteiger partial charge in [0.2, 0.25) is 5.78 Å². The molecule has 0 spiro atoms. The molecule has 0 aliphatic heterocycles. The molecule has 1 aromatic heterocycles. The molecule has 1 heterocycles. The second-order valence-electron chi connectivity index (χ2n) is 5.66. The van der Waals surface area contributed by atoms with Crippen LogP contribution in [0, 0.1) is 6.92 Å². The number of carbonyl (C=O) groups is 2. The summed E-state index contributed by atoms with van der Waals surface area (Å²) in [7, 11) is 0. The topological polar surface area (TPSA) is 56.3 Å². The van der Waals surface area contributed by atoms with Crippen LogP contribution in [-0.4, -0.2) is 22.8 Å². The standard InChI is InChI=1S/C20H17NO3S/c1-13-7-9-15(10-8-13)20(23)14(2)24-19(22)12-11-18-21-16-5-3-4-6-17(16)25-18/h3-12,14H,1-2H3/b12-11+/t14-/m0/s1. The van der Waals surface area contributed by atoms with E-state index in [1.807, 2.05) is 43.3 Å². The van der Waals surface area contributed by atoms with Gasteiger partial charge in [0.25, 0.3) is 0 Å². The fourth-order valence-electron chi connectivity index (χ4n) is 2.32. The van der Waals surface area contributed by atoms with E-state index in [0.29, 0.717) is 5.56 Å². The smallest absolute Gasteiger partial charge is 0.331 e. The van der Waals surface area contributed by atoms with E-state index in [9.17, 15) is 9.59 Å². The second-order valence-corrected chi connectivity index (χ2v) is 6.72. The number of para-hydroxylation sites is 1. The molecule has 0 radical (unpaired) electrons. The molecular formula is C20H17NO3S. The molecule has 0 amide bonds. The van der Waals surface area contributed by atoms with Crippen LogP contribution in [0.4, 0.5) is 0 Å². The quantitative estimate of drug-likeness (QED) is 0.387. The van der Waals surface area contributed by atoms with Crippen LogP contribution in [0.15, 0.2) is 54.6 Å². The largest absolute Gasteiger partial charge is 0.451 e. The monoisotopic (exact) mass is 351 g/mol. The zero-order chi connectivity index (χ0) is 17.8. The molecule has 0 unspecified atom stereocenters. The van der Waals surface area contributed by atoms with Gasteiger partial charge in [-0.05, 0) is 32.1 Å². The lowest BCUT2D eigenvalue weighted by Crippen LogP contribution is -2.23. The molecule has 0 saturated heterocycles. The van der Waals surface area contributed by atoms with Gasteiger partial charge in [-0.25, -0.2) is 9.78 Å². The lowest BCUT2D eigenvalue weighted by molar-refractivity contribution is -0.140. The maximum atomic E-state index is 12.3. The summed E-state index contributed by atoms with van der Waals surface area (Å²) in [5, 5.41) is 0.718. The van der Waals surface area contributed by atoms with E-state index < -0.39 is 12.1 Å². The molecule has 5 heteroatoms. The number of hydrogen-bond acceptors (Lipinski definition) is 5. The van der Waals surface area contributed by atoms with Gasteiger partial charge in [0.15, 0.2) is 6.10 Å². The van der Waals surface area contributed by atoms with Crippen LogP contribution in [0.5, 0.6) is 0 Å². The van der Waals surface area contributed by atoms with E-state index in [0.717, 1.165) is 20.8 Å². The Kier molecular flexibility index (Phi) is 5.05. The Morgan fingerprint density at radius 1 is 1.12 bits per heavy atom. The van der Waals surface area contributed by atoms with Gasteiger partial charge in [-0.1, -0.05) is 42.0 Å². The summed E-state index contributed by atoms with van der Waals surface area (Å²) in [6.45, 7) is 3.52. The first kappa shape index (κ1) is 17.0. The fourth-order valence-corrected chi connectivity index (χ4v) is 3.19. The van der Waals surface area contributed by atoms with E-state index in [-0.39, 0.29) is 5.78 Å². The van der Waals surface area contributed by atoms with E-state index in [4.69, 9.17) is 4.74 Å². The number of benzene rings is 2. The minimum absolute atomic E-state index is 0.221. The normalized spacial score (nSPS) is 12.4. The molecular weight excluding hydrogens is 334 g/mol. The Morgan fingerprint density at radius 3 is 2.56 bits per heavy atom. The molecule has 2 aromatic carbocycles. The van der Waals surface area contributed by atoms with E-state index in [1.54, 1.807) is 25.1 Å². The molecule has 0 aliphatic rings. The molecule has 3 aromatic rings. The van der Waals surface area contributed by atoms with Crippen LogP contribution in [0.25, 0.3) is 16.3 Å². The molecule has 1 atom stereocenters. The van der Waals surface area contributed by atoms with Crippen molar-refractivity contribution in [1.29, 1.82) is 0 Å². The Labute approximate surface area is 149 Å². The number of thiazole rings is 1. The zero-order valence-electron chi connectivity index (χ0n) is 13.9. The molecule has 0 aliphatic carbocycles. The van der Waals surface area contributed by atoms with Crippen LogP contribution in [-0.2, 0) is 9.53 Å². The fraction of sp³-hybridized carbons (Fsp3) is 0.150. The molecule has 0 fully saturated rings. The molecule has 126 valence electrons. The number of aryl methyl sites for hydroxylation is 1. The zero-order valence-corrected chi connectivity index (χ0v) is 14.7. The Bertz CT molecular complexity index is 908. The summed E-state index contributed by atoms with van der Waals surface area (Å²) in [5.74, 6) is -0.783. The Morgan fingerprint density at radius 2 is 1.84 bits per heavy atom. The molecule has 0 N–H and O–H groups in total. The lowest BCUT2D eigenvalue weighted by atomic mass is 10.1. The molecule has 25 heavy (non-hydrogen) atoms. The highest BCUT2D eigenvalue weighted by atomic mass is 32.1. The third-order valence-electron chi connectivity index (χ3n) is 3.67. The summed E-state index contributed by atoms with van der Waals surface area (Å²) < 4.78 is 6.25. The summed E-state index contributed by atoms with van der Waals surface area (Å²) in [6.07, 6.45) is 2.07. The number of fused-ring (bicyclic) bond motifs is 1. The van der Waals surface area contributed by atoms with Gasteiger partial charge in [-0.15, -0.1) is 11.3 Å². The lowest BCUT2D eigenvalue weighted by Gasteiger charge is -2.10. The van der Waals surface area contributed by atoms with Crippen LogP contribution in [0.2, 0.25) is 0 Å². The van der Waals surface area contributed by atoms with Crippen molar-refractivity contribution in [2.24, 2.45) is 0 Å². The van der Waals surface area contributed by atoms with Gasteiger partial charge in [-0.3, -0.25) is 4.79 Å². The van der Waals surface area contributed by atoms with Crippen LogP contribution in [0.1, 0.15) is 27.9 Å². The molecule has 3 rings (SSSR count). The highest BCUT2D eigenvalue weighted by molar-refractivity contribution is 7.19. The third-order valence-corrected chi connectivity index (χ3v) is 4.67. The van der Waals surface area contributed by atoms with Crippen molar-refractivity contribution < 1.29 is 14.3 Å². The van der Waals surface area contributed by atoms with E-state index in [1.165, 1.54) is 17.4 Å². The summed E-state index contributed by atoms with van der Waals surface area (Å²) in [5.41, 5.74) is 2.49. The number of ether oxygens (including phenoxy) is 1. The number of nitrogens with zero attached hydrogens (tertiary/aromatic N) is 1. The van der Waals surface area contributed by atoms with Crippen molar-refractivity contribution in [3.8, 4) is 0 Å². The molecule has 4 nitrogen and oxygen atoms in total. The predicted octanol–water partition coefficient (Wildman–Crippen LogP) is 4.43. The van der Waals surface area contributed by atoms with Gasteiger partial charge in [0, 0.05) is 11.6 Å². The SMILES string of the molecule is Cc1ccc(C(=O)[C@H](C)OC(=O)/C=C/c2nc3ccccc3s2)cc1. The molecule has 0 saturated carbocycles. The van der Waals surface area contributed by atoms with Crippen LogP contribution < -0.4 is 0 Å². The van der Waals surface area contributed by atoms with Gasteiger partial charge in [0.05, 0.1) is 10.2 Å². The average Bonchev–Trinajstić information content (AvgIpc) is 3.03. The highest BCUT2D eigenvalue weighted by Gasteiger charge is 2.18. The van der Waals surface area contributed by atoms with E-state index >= 15 is 0 Å². The van der Waals surface area contributed by atoms with E-state index in [2.05, 4.69) is 4.98 Å². The number of ketones is 1. The number of aromatic nitrogens is 1. The third kappa shape index (κ3) is 4.19. The average molecular weight is 351 g/mol. The number of esters is 1. The summed E-state index contributed by atoms with van der Waals surface area (Å²) in [6, 6.07) is 14.9.